The number of halogens is 5. The number of aryl methyl sites for hydroxylation is 1. The second kappa shape index (κ2) is 10.3. The number of hydrogen-bond acceptors (Lipinski definition) is 6. The molecule has 1 aromatic carbocycles. The van der Waals surface area contributed by atoms with E-state index in [0.29, 0.717) is 17.9 Å². The van der Waals surface area contributed by atoms with E-state index in [4.69, 9.17) is 11.6 Å². The van der Waals surface area contributed by atoms with Crippen LogP contribution in [-0.2, 0) is 38.7 Å². The van der Waals surface area contributed by atoms with Crippen LogP contribution in [0.25, 0.3) is 0 Å². The van der Waals surface area contributed by atoms with Crippen molar-refractivity contribution in [2.24, 2.45) is 4.99 Å². The molecule has 0 saturated carbocycles. The van der Waals surface area contributed by atoms with Crippen molar-refractivity contribution in [3.8, 4) is 0 Å². The molecular weight excluding hydrogens is 506 g/mol. The largest absolute Gasteiger partial charge is 0.416 e. The van der Waals surface area contributed by atoms with Gasteiger partial charge in [-0.3, -0.25) is 13.9 Å². The molecule has 0 N–H and O–H groups in total. The number of aromatic nitrogens is 6. The van der Waals surface area contributed by atoms with Gasteiger partial charge in [-0.2, -0.15) is 18.0 Å². The van der Waals surface area contributed by atoms with E-state index in [-0.39, 0.29) is 36.9 Å². The topological polar surface area (TPSA) is 100.0 Å². The number of alkyl halides is 3. The Morgan fingerprint density at radius 2 is 1.83 bits per heavy atom. The zero-order valence-corrected chi connectivity index (χ0v) is 20.0. The first-order chi connectivity index (χ1) is 17.1. The summed E-state index contributed by atoms with van der Waals surface area (Å²) in [5.41, 5.74) is -2.26. The molecule has 0 bridgehead atoms. The lowest BCUT2D eigenvalue weighted by atomic mass is 10.0. The zero-order valence-electron chi connectivity index (χ0n) is 19.2. The minimum Gasteiger partial charge on any atom is -0.278 e. The Labute approximate surface area is 207 Å². The third kappa shape index (κ3) is 5.25. The molecule has 3 heterocycles. The number of fused-ring (bicyclic) bond motifs is 1. The molecule has 0 saturated heterocycles. The number of unbranched alkanes of at least 4 members (excludes halogenated alkanes) is 1. The van der Waals surface area contributed by atoms with E-state index in [2.05, 4.69) is 20.4 Å². The number of aliphatic imine (C=N–C) groups is 1. The Bertz CT molecular complexity index is 1430. The van der Waals surface area contributed by atoms with Crippen molar-refractivity contribution in [3.05, 3.63) is 67.4 Å². The summed E-state index contributed by atoms with van der Waals surface area (Å²) >= 11 is 6.02. The molecule has 2 aromatic heterocycles. The lowest BCUT2D eigenvalue weighted by molar-refractivity contribution is -0.138. The molecule has 3 aromatic rings. The summed E-state index contributed by atoms with van der Waals surface area (Å²) in [5.74, 6) is -0.803. The van der Waals surface area contributed by atoms with Gasteiger partial charge in [0.25, 0.3) is 5.56 Å². The van der Waals surface area contributed by atoms with E-state index in [1.165, 1.54) is 4.57 Å². The normalized spacial score (nSPS) is 13.2. The first kappa shape index (κ1) is 25.7. The fourth-order valence-electron chi connectivity index (χ4n) is 4.02. The van der Waals surface area contributed by atoms with Gasteiger partial charge in [-0.1, -0.05) is 31.0 Å². The summed E-state index contributed by atoms with van der Waals surface area (Å²) in [5, 5.41) is 11.8. The average Bonchev–Trinajstić information content (AvgIpc) is 3.43. The summed E-state index contributed by atoms with van der Waals surface area (Å²) in [4.78, 5) is 31.2. The standard InChI is InChI=1S/C22H22ClF4N7O2/c1-2-3-8-32-19-14(11-17(23)28-19)20(35)33(21(32)36)9-5-10-34-30-18(29-31-34)12-13-15(22(25,26)27)6-4-7-16(13)24/h4,6-7H,2-3,5,8-12H2,1H3. The molecule has 0 unspecified atom stereocenters. The lowest BCUT2D eigenvalue weighted by Crippen LogP contribution is -2.41. The molecule has 192 valence electrons. The molecule has 0 atom stereocenters. The summed E-state index contributed by atoms with van der Waals surface area (Å²) in [6, 6.07) is 2.72. The van der Waals surface area contributed by atoms with Crippen LogP contribution in [0.1, 0.15) is 48.7 Å². The monoisotopic (exact) mass is 527 g/mol. The number of tetrazole rings is 1. The molecule has 36 heavy (non-hydrogen) atoms. The zero-order chi connectivity index (χ0) is 26.0. The summed E-state index contributed by atoms with van der Waals surface area (Å²) < 4.78 is 56.4. The molecule has 0 amide bonds. The summed E-state index contributed by atoms with van der Waals surface area (Å²) in [7, 11) is 0. The van der Waals surface area contributed by atoms with Crippen molar-refractivity contribution in [1.29, 1.82) is 0 Å². The number of hydrogen-bond donors (Lipinski definition) is 0. The van der Waals surface area contributed by atoms with Crippen molar-refractivity contribution in [1.82, 2.24) is 29.3 Å². The molecular formula is C22H22ClF4N7O2. The molecule has 0 spiro atoms. The number of rotatable bonds is 9. The van der Waals surface area contributed by atoms with E-state index in [1.54, 1.807) is 0 Å². The maximum Gasteiger partial charge on any atom is 0.416 e. The van der Waals surface area contributed by atoms with Gasteiger partial charge in [0.15, 0.2) is 5.82 Å². The Morgan fingerprint density at radius 3 is 2.56 bits per heavy atom. The molecule has 9 nitrogen and oxygen atoms in total. The number of nitrogens with zero attached hydrogens (tertiary/aromatic N) is 7. The van der Waals surface area contributed by atoms with Crippen LogP contribution in [0.4, 0.5) is 23.4 Å². The fourth-order valence-corrected chi connectivity index (χ4v) is 4.23. The molecule has 0 fully saturated rings. The Kier molecular flexibility index (Phi) is 7.38. The van der Waals surface area contributed by atoms with E-state index < -0.39 is 40.8 Å². The maximum atomic E-state index is 14.1. The third-order valence-corrected chi connectivity index (χ3v) is 5.99. The molecule has 0 aliphatic carbocycles. The van der Waals surface area contributed by atoms with Gasteiger partial charge in [-0.15, -0.1) is 10.2 Å². The number of benzene rings is 1. The van der Waals surface area contributed by atoms with E-state index in [9.17, 15) is 27.2 Å². The van der Waals surface area contributed by atoms with Crippen molar-refractivity contribution < 1.29 is 17.6 Å². The quantitative estimate of drug-likeness (QED) is 0.397. The Morgan fingerprint density at radius 1 is 1.08 bits per heavy atom. The first-order valence-electron chi connectivity index (χ1n) is 11.3. The van der Waals surface area contributed by atoms with Crippen LogP contribution in [0.3, 0.4) is 0 Å². The third-order valence-electron chi connectivity index (χ3n) is 5.77. The molecule has 1 aliphatic heterocycles. The SMILES string of the molecule is CCCCn1c2c(c(=O)n(CCCn3nnc(Cc4c(F)cccc4C(F)(F)F)n3)c1=O)CC(Cl)=N2. The highest BCUT2D eigenvalue weighted by molar-refractivity contribution is 6.66. The highest BCUT2D eigenvalue weighted by Gasteiger charge is 2.34. The van der Waals surface area contributed by atoms with Crippen molar-refractivity contribution in [2.45, 2.75) is 64.8 Å². The minimum absolute atomic E-state index is 0.0527. The second-order valence-electron chi connectivity index (χ2n) is 8.31. The van der Waals surface area contributed by atoms with Crippen LogP contribution in [0.15, 0.2) is 32.8 Å². The predicted octanol–water partition coefficient (Wildman–Crippen LogP) is 3.46. The van der Waals surface area contributed by atoms with Gasteiger partial charge >= 0.3 is 11.9 Å². The van der Waals surface area contributed by atoms with Gasteiger partial charge in [0.05, 0.1) is 17.7 Å². The summed E-state index contributed by atoms with van der Waals surface area (Å²) in [6.07, 6.45) is -3.23. The lowest BCUT2D eigenvalue weighted by Gasteiger charge is -2.13. The molecule has 0 radical (unpaired) electrons. The highest BCUT2D eigenvalue weighted by Crippen LogP contribution is 2.33. The van der Waals surface area contributed by atoms with Crippen LogP contribution >= 0.6 is 11.6 Å². The van der Waals surface area contributed by atoms with E-state index in [0.717, 1.165) is 40.4 Å². The average molecular weight is 528 g/mol. The van der Waals surface area contributed by atoms with E-state index >= 15 is 0 Å². The molecule has 14 heteroatoms. The van der Waals surface area contributed by atoms with Crippen LogP contribution in [0.2, 0.25) is 0 Å². The summed E-state index contributed by atoms with van der Waals surface area (Å²) in [6.45, 7) is 2.56. The van der Waals surface area contributed by atoms with Gasteiger partial charge in [-0.05, 0) is 30.2 Å². The molecule has 4 rings (SSSR count). The predicted molar refractivity (Wildman–Crippen MR) is 123 cm³/mol. The van der Waals surface area contributed by atoms with Gasteiger partial charge in [0.2, 0.25) is 0 Å². The highest BCUT2D eigenvalue weighted by atomic mass is 35.5. The maximum absolute atomic E-state index is 14.1. The first-order valence-corrected chi connectivity index (χ1v) is 11.7. The van der Waals surface area contributed by atoms with E-state index in [1.807, 2.05) is 6.92 Å². The van der Waals surface area contributed by atoms with Crippen molar-refractivity contribution in [2.75, 3.05) is 0 Å². The van der Waals surface area contributed by atoms with Crippen LogP contribution in [0, 0.1) is 5.82 Å². The second-order valence-corrected chi connectivity index (χ2v) is 8.74. The van der Waals surface area contributed by atoms with Gasteiger partial charge in [0.1, 0.15) is 16.8 Å². The Hall–Kier alpha value is -3.35. The fraction of sp³-hybridized carbons (Fsp3) is 0.455. The minimum atomic E-state index is -4.73. The smallest absolute Gasteiger partial charge is 0.278 e. The van der Waals surface area contributed by atoms with Crippen LogP contribution < -0.4 is 11.2 Å². The van der Waals surface area contributed by atoms with Crippen molar-refractivity contribution in [3.63, 3.8) is 0 Å². The molecule has 1 aliphatic rings. The van der Waals surface area contributed by atoms with Gasteiger partial charge < -0.3 is 0 Å². The Balaban J connectivity index is 1.48. The van der Waals surface area contributed by atoms with Crippen molar-refractivity contribution >= 4 is 22.6 Å². The van der Waals surface area contributed by atoms with Crippen LogP contribution in [0.5, 0.6) is 0 Å². The van der Waals surface area contributed by atoms with Crippen LogP contribution in [-0.4, -0.2) is 34.5 Å². The van der Waals surface area contributed by atoms with Gasteiger partial charge in [0, 0.05) is 31.5 Å². The van der Waals surface area contributed by atoms with Gasteiger partial charge in [-0.25, -0.2) is 14.2 Å².